The number of methoxy groups -OCH3 is 2. The van der Waals surface area contributed by atoms with Gasteiger partial charge in [-0.25, -0.2) is 13.6 Å². The van der Waals surface area contributed by atoms with Crippen molar-refractivity contribution in [1.29, 1.82) is 0 Å². The van der Waals surface area contributed by atoms with Crippen LogP contribution in [0.15, 0.2) is 43.3 Å². The topological polar surface area (TPSA) is 66.9 Å². The molecule has 3 rings (SSSR count). The summed E-state index contributed by atoms with van der Waals surface area (Å²) < 4.78 is 40.0. The Kier molecular flexibility index (Phi) is 6.43. The van der Waals surface area contributed by atoms with Gasteiger partial charge in [0.05, 0.1) is 38.7 Å². The number of allylic oxidation sites excluding steroid dienone is 1. The molecule has 1 aromatic heterocycles. The Morgan fingerprint density at radius 1 is 1.26 bits per heavy atom. The second-order valence-corrected chi connectivity index (χ2v) is 6.76. The van der Waals surface area contributed by atoms with Crippen molar-refractivity contribution < 1.29 is 23.0 Å². The highest BCUT2D eigenvalue weighted by atomic mass is 19.1. The minimum Gasteiger partial charge on any atom is -0.493 e. The zero-order chi connectivity index (χ0) is 22.7. The summed E-state index contributed by atoms with van der Waals surface area (Å²) in [5.74, 6) is -2.41. The molecule has 0 bridgehead atoms. The van der Waals surface area contributed by atoms with Gasteiger partial charge in [-0.15, -0.1) is 0 Å². The van der Waals surface area contributed by atoms with Gasteiger partial charge >= 0.3 is 6.03 Å². The summed E-state index contributed by atoms with van der Waals surface area (Å²) in [6.45, 7) is 9.83. The van der Waals surface area contributed by atoms with Crippen LogP contribution in [0, 0.1) is 11.6 Å². The van der Waals surface area contributed by atoms with Crippen molar-refractivity contribution in [2.24, 2.45) is 0 Å². The van der Waals surface area contributed by atoms with E-state index in [1.807, 2.05) is 0 Å². The lowest BCUT2D eigenvalue weighted by Crippen LogP contribution is -2.48. The molecule has 2 heterocycles. The number of urea groups is 1. The summed E-state index contributed by atoms with van der Waals surface area (Å²) in [5, 5.41) is 3.06. The highest BCUT2D eigenvalue weighted by molar-refractivity contribution is 6.06. The third-order valence-corrected chi connectivity index (χ3v) is 4.98. The Morgan fingerprint density at radius 3 is 2.45 bits per heavy atom. The van der Waals surface area contributed by atoms with Gasteiger partial charge in [-0.3, -0.25) is 14.8 Å². The first-order valence-electron chi connectivity index (χ1n) is 9.58. The summed E-state index contributed by atoms with van der Waals surface area (Å²) >= 11 is 0. The highest BCUT2D eigenvalue weighted by Crippen LogP contribution is 2.40. The van der Waals surface area contributed by atoms with Crippen molar-refractivity contribution in [1.82, 2.24) is 10.3 Å². The predicted octanol–water partition coefficient (Wildman–Crippen LogP) is 4.13. The van der Waals surface area contributed by atoms with Crippen LogP contribution in [0.25, 0.3) is 0 Å². The molecule has 1 aromatic carbocycles. The lowest BCUT2D eigenvalue weighted by atomic mass is 10.1. The molecule has 0 saturated carbocycles. The SMILES string of the molecule is C=CC(=C)NCc1cc2c(cn1)CN(c1c(F)c(OC)cc(OC)c1F)C(=O)N2CC. The van der Waals surface area contributed by atoms with Crippen LogP contribution in [0.3, 0.4) is 0 Å². The monoisotopic (exact) mass is 430 g/mol. The van der Waals surface area contributed by atoms with Gasteiger partial charge in [0.1, 0.15) is 5.69 Å². The van der Waals surface area contributed by atoms with Crippen molar-refractivity contribution in [3.05, 3.63) is 66.2 Å². The van der Waals surface area contributed by atoms with Gasteiger partial charge in [0, 0.05) is 30.1 Å². The molecule has 9 heteroatoms. The van der Waals surface area contributed by atoms with Crippen LogP contribution in [0.5, 0.6) is 11.5 Å². The van der Waals surface area contributed by atoms with Gasteiger partial charge in [0.25, 0.3) is 0 Å². The third kappa shape index (κ3) is 4.03. The lowest BCUT2D eigenvalue weighted by molar-refractivity contribution is 0.249. The predicted molar refractivity (Wildman–Crippen MR) is 114 cm³/mol. The first-order valence-corrected chi connectivity index (χ1v) is 9.58. The largest absolute Gasteiger partial charge is 0.493 e. The molecule has 0 fully saturated rings. The zero-order valence-electron chi connectivity index (χ0n) is 17.7. The third-order valence-electron chi connectivity index (χ3n) is 4.98. The molecular weight excluding hydrogens is 406 g/mol. The Balaban J connectivity index is 2.04. The summed E-state index contributed by atoms with van der Waals surface area (Å²) in [7, 11) is 2.51. The Bertz CT molecular complexity index is 1010. The van der Waals surface area contributed by atoms with E-state index in [1.165, 1.54) is 19.1 Å². The molecule has 0 unspecified atom stereocenters. The Labute approximate surface area is 179 Å². The zero-order valence-corrected chi connectivity index (χ0v) is 17.7. The summed E-state index contributed by atoms with van der Waals surface area (Å²) in [4.78, 5) is 20.1. The molecule has 164 valence electrons. The number of carbonyl (C=O) groups excluding carboxylic acids is 1. The first-order chi connectivity index (χ1) is 14.9. The molecule has 0 spiro atoms. The summed E-state index contributed by atoms with van der Waals surface area (Å²) in [5.41, 5.74) is 2.08. The molecule has 2 amide bonds. The van der Waals surface area contributed by atoms with E-state index in [1.54, 1.807) is 25.3 Å². The summed E-state index contributed by atoms with van der Waals surface area (Å²) in [6, 6.07) is 2.31. The minimum absolute atomic E-state index is 0.0606. The van der Waals surface area contributed by atoms with E-state index in [4.69, 9.17) is 9.47 Å². The van der Waals surface area contributed by atoms with Crippen LogP contribution < -0.4 is 24.6 Å². The molecule has 1 aliphatic rings. The fraction of sp³-hybridized carbons (Fsp3) is 0.273. The molecule has 2 aromatic rings. The average Bonchev–Trinajstić information content (AvgIpc) is 2.78. The second kappa shape index (κ2) is 9.03. The average molecular weight is 430 g/mol. The second-order valence-electron chi connectivity index (χ2n) is 6.76. The number of anilines is 2. The molecule has 1 aliphatic heterocycles. The number of pyridine rings is 1. The molecule has 7 nitrogen and oxygen atoms in total. The van der Waals surface area contributed by atoms with Crippen LogP contribution in [-0.4, -0.2) is 31.8 Å². The number of nitrogens with one attached hydrogen (secondary N) is 1. The Morgan fingerprint density at radius 2 is 1.90 bits per heavy atom. The van der Waals surface area contributed by atoms with Crippen LogP contribution in [0.2, 0.25) is 0 Å². The van der Waals surface area contributed by atoms with E-state index in [9.17, 15) is 4.79 Å². The van der Waals surface area contributed by atoms with Crippen LogP contribution in [-0.2, 0) is 13.1 Å². The number of fused-ring (bicyclic) bond motifs is 1. The van der Waals surface area contributed by atoms with Gasteiger partial charge in [0.15, 0.2) is 23.1 Å². The first kappa shape index (κ1) is 22.1. The highest BCUT2D eigenvalue weighted by Gasteiger charge is 2.36. The van der Waals surface area contributed by atoms with Gasteiger partial charge in [-0.1, -0.05) is 13.2 Å². The number of carbonyl (C=O) groups is 1. The number of hydrogen-bond donors (Lipinski definition) is 1. The van der Waals surface area contributed by atoms with Crippen molar-refractivity contribution in [2.45, 2.75) is 20.0 Å². The number of nitrogens with zero attached hydrogens (tertiary/aromatic N) is 3. The lowest BCUT2D eigenvalue weighted by Gasteiger charge is -2.37. The molecule has 31 heavy (non-hydrogen) atoms. The number of rotatable bonds is 8. The molecule has 0 aliphatic carbocycles. The quantitative estimate of drug-likeness (QED) is 0.638. The van der Waals surface area contributed by atoms with E-state index in [0.717, 1.165) is 11.0 Å². The molecule has 1 N–H and O–H groups in total. The number of amides is 2. The molecular formula is C22H24F2N4O3. The van der Waals surface area contributed by atoms with Crippen molar-refractivity contribution in [3.63, 3.8) is 0 Å². The van der Waals surface area contributed by atoms with E-state index in [-0.39, 0.29) is 18.0 Å². The number of ether oxygens (including phenoxy) is 2. The Hall–Kier alpha value is -3.62. The van der Waals surface area contributed by atoms with Crippen LogP contribution >= 0.6 is 0 Å². The van der Waals surface area contributed by atoms with E-state index in [2.05, 4.69) is 23.5 Å². The van der Waals surface area contributed by atoms with Gasteiger partial charge in [-0.2, -0.15) is 0 Å². The number of halogens is 2. The smallest absolute Gasteiger partial charge is 0.329 e. The minimum atomic E-state index is -0.981. The fourth-order valence-electron chi connectivity index (χ4n) is 3.34. The maximum atomic E-state index is 15.0. The molecule has 0 saturated heterocycles. The maximum Gasteiger partial charge on any atom is 0.329 e. The van der Waals surface area contributed by atoms with Gasteiger partial charge < -0.3 is 14.8 Å². The number of hydrogen-bond acceptors (Lipinski definition) is 5. The summed E-state index contributed by atoms with van der Waals surface area (Å²) in [6.07, 6.45) is 3.18. The van der Waals surface area contributed by atoms with Crippen LogP contribution in [0.4, 0.5) is 25.0 Å². The van der Waals surface area contributed by atoms with Gasteiger partial charge in [-0.05, 0) is 19.1 Å². The van der Waals surface area contributed by atoms with Crippen molar-refractivity contribution in [3.8, 4) is 11.5 Å². The van der Waals surface area contributed by atoms with Crippen molar-refractivity contribution >= 4 is 17.4 Å². The van der Waals surface area contributed by atoms with E-state index >= 15 is 8.78 Å². The molecule has 0 radical (unpaired) electrons. The number of benzene rings is 1. The van der Waals surface area contributed by atoms with E-state index in [0.29, 0.717) is 35.7 Å². The fourth-order valence-corrected chi connectivity index (χ4v) is 3.34. The normalized spacial score (nSPS) is 13.0. The van der Waals surface area contributed by atoms with E-state index < -0.39 is 23.4 Å². The maximum absolute atomic E-state index is 15.0. The van der Waals surface area contributed by atoms with Crippen LogP contribution in [0.1, 0.15) is 18.2 Å². The van der Waals surface area contributed by atoms with Gasteiger partial charge in [0.2, 0.25) is 0 Å². The molecule has 0 atom stereocenters. The number of aromatic nitrogens is 1. The van der Waals surface area contributed by atoms with Crippen molar-refractivity contribution in [2.75, 3.05) is 30.6 Å². The standard InChI is InChI=1S/C22H24F2N4O3/c1-6-13(3)25-11-15-8-16-14(10-26-15)12-28(22(29)27(16)7-2)21-19(23)17(30-4)9-18(31-5)20(21)24/h6,8-10,25H,1,3,7,11-12H2,2,4-5H3.